The monoisotopic (exact) mass is 570 g/mol. The second-order valence-electron chi connectivity index (χ2n) is 9.46. The summed E-state index contributed by atoms with van der Waals surface area (Å²) in [5.74, 6) is 0. The molecule has 2 aliphatic rings. The van der Waals surface area contributed by atoms with Gasteiger partial charge in [0.1, 0.15) is 0 Å². The molecule has 8 nitrogen and oxygen atoms in total. The van der Waals surface area contributed by atoms with Crippen LogP contribution in [0.5, 0.6) is 0 Å². The predicted molar refractivity (Wildman–Crippen MR) is 141 cm³/mol. The lowest BCUT2D eigenvalue weighted by molar-refractivity contribution is -0.258. The Hall–Kier alpha value is -2.58. The normalized spacial score (nSPS) is 20.9. The van der Waals surface area contributed by atoms with E-state index < -0.39 is 27.8 Å². The highest BCUT2D eigenvalue weighted by molar-refractivity contribution is 7.96. The maximum atomic E-state index is 13.4. The Morgan fingerprint density at radius 2 is 1.92 bits per heavy atom. The summed E-state index contributed by atoms with van der Waals surface area (Å²) in [6, 6.07) is 5.01. The molecule has 13 heteroatoms. The van der Waals surface area contributed by atoms with Crippen LogP contribution in [0.15, 0.2) is 59.9 Å². The van der Waals surface area contributed by atoms with Gasteiger partial charge in [-0.25, -0.2) is 13.4 Å². The van der Waals surface area contributed by atoms with Crippen molar-refractivity contribution in [3.05, 3.63) is 71.2 Å². The lowest BCUT2D eigenvalue weighted by atomic mass is 9.95. The molecular weight excluding hydrogens is 541 g/mol. The Balaban J connectivity index is 1.56. The zero-order valence-electron chi connectivity index (χ0n) is 20.9. The quantitative estimate of drug-likeness (QED) is 0.487. The van der Waals surface area contributed by atoms with Gasteiger partial charge < -0.3 is 19.3 Å². The van der Waals surface area contributed by atoms with Gasteiger partial charge in [-0.2, -0.15) is 17.5 Å². The minimum atomic E-state index is -4.83. The van der Waals surface area contributed by atoms with Crippen LogP contribution in [0.2, 0.25) is 0 Å². The number of alkyl halides is 3. The van der Waals surface area contributed by atoms with Gasteiger partial charge >= 0.3 is 6.18 Å². The number of nitrogens with zero attached hydrogens (tertiary/aromatic N) is 4. The number of piperazine rings is 1. The van der Waals surface area contributed by atoms with Gasteiger partial charge in [0.05, 0.1) is 36.2 Å². The summed E-state index contributed by atoms with van der Waals surface area (Å²) < 4.78 is 75.8. The molecule has 0 spiro atoms. The zero-order valence-corrected chi connectivity index (χ0v) is 22.6. The number of thiocarbonyl (C=S) groups is 1. The second kappa shape index (κ2) is 10.9. The summed E-state index contributed by atoms with van der Waals surface area (Å²) in [7, 11) is -2.01. The largest absolute Gasteiger partial charge is 0.421 e. The number of rotatable bonds is 8. The first-order valence-corrected chi connectivity index (χ1v) is 13.8. The SMILES string of the molecule is Cn1cnc(COC[C@H]2CN(S(=O)(=O)C3=CC=CCC3=S)CCN2c2ccc(C(C)(O)C(F)(F)F)cc2)c1. The molecule has 1 N–H and O–H groups in total. The summed E-state index contributed by atoms with van der Waals surface area (Å²) in [6.07, 6.45) is 3.98. The molecule has 1 aromatic carbocycles. The first kappa shape index (κ1) is 28.4. The lowest BCUT2D eigenvalue weighted by Gasteiger charge is -2.42. The van der Waals surface area contributed by atoms with Gasteiger partial charge in [-0.1, -0.05) is 36.5 Å². The third kappa shape index (κ3) is 5.86. The van der Waals surface area contributed by atoms with Crippen molar-refractivity contribution in [1.82, 2.24) is 13.9 Å². The predicted octanol–water partition coefficient (Wildman–Crippen LogP) is 3.44. The standard InChI is InChI=1S/C25H29F3N4O4S2/c1-24(33,25(26,27)28)18-7-9-20(10-8-18)32-12-11-31(38(34,35)23-6-4-3-5-22(23)37)14-21(32)16-36-15-19-13-30(2)17-29-19/h3-4,6-10,13,17,21,33H,5,11-12,14-16H2,1-2H3/t21-,24?/m1/s1. The number of aliphatic hydroxyl groups is 1. The summed E-state index contributed by atoms with van der Waals surface area (Å²) in [5, 5.41) is 10.0. The van der Waals surface area contributed by atoms with E-state index in [0.29, 0.717) is 29.6 Å². The molecule has 1 aliphatic carbocycles. The maximum Gasteiger partial charge on any atom is 0.421 e. The summed E-state index contributed by atoms with van der Waals surface area (Å²) >= 11 is 5.30. The molecule has 1 unspecified atom stereocenters. The van der Waals surface area contributed by atoms with Crippen molar-refractivity contribution in [2.45, 2.75) is 37.8 Å². The van der Waals surface area contributed by atoms with Gasteiger partial charge in [-0.05, 0) is 30.7 Å². The number of hydrogen-bond acceptors (Lipinski definition) is 7. The fraction of sp³-hybridized carbons (Fsp3) is 0.440. The minimum absolute atomic E-state index is 0.0935. The number of aromatic nitrogens is 2. The molecule has 2 heterocycles. The lowest BCUT2D eigenvalue weighted by Crippen LogP contribution is -2.57. The molecule has 206 valence electrons. The second-order valence-corrected chi connectivity index (χ2v) is 11.9. The zero-order chi connectivity index (χ0) is 27.7. The van der Waals surface area contributed by atoms with Crippen LogP contribution in [-0.4, -0.2) is 70.7 Å². The topological polar surface area (TPSA) is 87.9 Å². The molecule has 38 heavy (non-hydrogen) atoms. The average molecular weight is 571 g/mol. The molecule has 2 aromatic rings. The van der Waals surface area contributed by atoms with Gasteiger partial charge in [0, 0.05) is 49.9 Å². The summed E-state index contributed by atoms with van der Waals surface area (Å²) in [6.45, 7) is 1.60. The van der Waals surface area contributed by atoms with E-state index in [1.165, 1.54) is 34.6 Å². The molecular formula is C25H29F3N4O4S2. The van der Waals surface area contributed by atoms with Crippen molar-refractivity contribution in [3.63, 3.8) is 0 Å². The Morgan fingerprint density at radius 1 is 1.21 bits per heavy atom. The van der Waals surface area contributed by atoms with Crippen molar-refractivity contribution in [1.29, 1.82) is 0 Å². The number of benzene rings is 1. The number of imidazole rings is 1. The number of aryl methyl sites for hydroxylation is 1. The third-order valence-electron chi connectivity index (χ3n) is 6.66. The molecule has 0 amide bonds. The van der Waals surface area contributed by atoms with Crippen LogP contribution in [0.3, 0.4) is 0 Å². The van der Waals surface area contributed by atoms with E-state index in [9.17, 15) is 26.7 Å². The summed E-state index contributed by atoms with van der Waals surface area (Å²) in [5.41, 5.74) is -1.98. The molecule has 0 radical (unpaired) electrons. The highest BCUT2D eigenvalue weighted by Crippen LogP contribution is 2.39. The van der Waals surface area contributed by atoms with Crippen LogP contribution in [0, 0.1) is 0 Å². The number of ether oxygens (including phenoxy) is 1. The van der Waals surface area contributed by atoms with Gasteiger partial charge in [0.2, 0.25) is 10.0 Å². The Kier molecular flexibility index (Phi) is 8.15. The maximum absolute atomic E-state index is 13.4. The number of sulfonamides is 1. The number of halogens is 3. The molecule has 1 saturated heterocycles. The van der Waals surface area contributed by atoms with Gasteiger partial charge in [-0.3, -0.25) is 0 Å². The molecule has 2 atom stereocenters. The number of hydrogen-bond donors (Lipinski definition) is 1. The molecule has 0 bridgehead atoms. The highest BCUT2D eigenvalue weighted by atomic mass is 32.2. The molecule has 1 aliphatic heterocycles. The third-order valence-corrected chi connectivity index (χ3v) is 9.12. The van der Waals surface area contributed by atoms with E-state index in [2.05, 4.69) is 4.98 Å². The van der Waals surface area contributed by atoms with E-state index in [0.717, 1.165) is 0 Å². The first-order chi connectivity index (χ1) is 17.8. The van der Waals surface area contributed by atoms with Crippen molar-refractivity contribution in [3.8, 4) is 0 Å². The van der Waals surface area contributed by atoms with E-state index in [1.54, 1.807) is 23.0 Å². The number of allylic oxidation sites excluding steroid dienone is 4. The van der Waals surface area contributed by atoms with Gasteiger partial charge in [-0.15, -0.1) is 0 Å². The fourth-order valence-electron chi connectivity index (χ4n) is 4.40. The smallest absolute Gasteiger partial charge is 0.376 e. The van der Waals surface area contributed by atoms with Gasteiger partial charge in [0.15, 0.2) is 5.60 Å². The van der Waals surface area contributed by atoms with E-state index in [1.807, 2.05) is 18.1 Å². The molecule has 1 fully saturated rings. The van der Waals surface area contributed by atoms with Crippen LogP contribution in [-0.2, 0) is 34.0 Å². The first-order valence-electron chi connectivity index (χ1n) is 11.9. The van der Waals surface area contributed by atoms with Crippen LogP contribution in [0.1, 0.15) is 24.6 Å². The molecule has 1 aromatic heterocycles. The van der Waals surface area contributed by atoms with Crippen LogP contribution in [0.4, 0.5) is 18.9 Å². The van der Waals surface area contributed by atoms with E-state index in [4.69, 9.17) is 17.0 Å². The average Bonchev–Trinajstić information content (AvgIpc) is 3.28. The van der Waals surface area contributed by atoms with Crippen molar-refractivity contribution in [2.75, 3.05) is 31.1 Å². The van der Waals surface area contributed by atoms with Crippen molar-refractivity contribution >= 4 is 32.8 Å². The van der Waals surface area contributed by atoms with Gasteiger partial charge in [0.25, 0.3) is 0 Å². The summed E-state index contributed by atoms with van der Waals surface area (Å²) in [4.78, 5) is 6.59. The van der Waals surface area contributed by atoms with Crippen LogP contribution < -0.4 is 4.90 Å². The molecule has 0 saturated carbocycles. The Bertz CT molecular complexity index is 1340. The number of anilines is 1. The van der Waals surface area contributed by atoms with E-state index >= 15 is 0 Å². The fourth-order valence-corrected chi connectivity index (χ4v) is 6.47. The van der Waals surface area contributed by atoms with E-state index in [-0.39, 0.29) is 43.3 Å². The highest BCUT2D eigenvalue weighted by Gasteiger charge is 2.51. The van der Waals surface area contributed by atoms with Crippen molar-refractivity contribution in [2.24, 2.45) is 7.05 Å². The Morgan fingerprint density at radius 3 is 2.53 bits per heavy atom. The van der Waals surface area contributed by atoms with Crippen molar-refractivity contribution < 1.29 is 31.4 Å². The molecule has 4 rings (SSSR count). The van der Waals surface area contributed by atoms with Crippen LogP contribution >= 0.6 is 12.2 Å². The Labute approximate surface area is 225 Å². The van der Waals surface area contributed by atoms with Crippen LogP contribution in [0.25, 0.3) is 0 Å². The minimum Gasteiger partial charge on any atom is -0.376 e.